The smallest absolute Gasteiger partial charge is 0.0360 e. The van der Waals surface area contributed by atoms with Crippen LogP contribution in [0.1, 0.15) is 33.1 Å². The maximum Gasteiger partial charge on any atom is -0.0360 e. The van der Waals surface area contributed by atoms with Crippen LogP contribution in [0.25, 0.3) is 0 Å². The quantitative estimate of drug-likeness (QED) is 0.465. The van der Waals surface area contributed by atoms with E-state index >= 15 is 0 Å². The molecule has 2 saturated carbocycles. The Kier molecular flexibility index (Phi) is 1.12. The zero-order valence-corrected chi connectivity index (χ0v) is 6.43. The molecule has 0 saturated heterocycles. The minimum absolute atomic E-state index is 1.05. The van der Waals surface area contributed by atoms with Crippen LogP contribution in [-0.2, 0) is 0 Å². The van der Waals surface area contributed by atoms with Crippen molar-refractivity contribution in [1.82, 2.24) is 0 Å². The molecule has 4 atom stereocenters. The summed E-state index contributed by atoms with van der Waals surface area (Å²) in [5, 5.41) is 0. The molecule has 2 unspecified atom stereocenters. The highest BCUT2D eigenvalue weighted by Crippen LogP contribution is 2.51. The van der Waals surface area contributed by atoms with Gasteiger partial charge in [-0.2, -0.15) is 0 Å². The Morgan fingerprint density at radius 2 is 1.44 bits per heavy atom. The summed E-state index contributed by atoms with van der Waals surface area (Å²) in [5.41, 5.74) is 0. The highest BCUT2D eigenvalue weighted by Gasteiger charge is 2.41. The molecule has 0 aromatic rings. The molecule has 0 spiro atoms. The molecule has 2 aliphatic rings. The number of fused-ring (bicyclic) bond motifs is 2. The summed E-state index contributed by atoms with van der Waals surface area (Å²) in [6.45, 7) is 4.86. The number of hydrogen-bond acceptors (Lipinski definition) is 0. The minimum atomic E-state index is 1.05. The molecule has 2 bridgehead atoms. The molecule has 9 heavy (non-hydrogen) atoms. The van der Waals surface area contributed by atoms with Gasteiger partial charge in [-0.25, -0.2) is 0 Å². The zero-order valence-electron chi connectivity index (χ0n) is 6.43. The fourth-order valence-electron chi connectivity index (χ4n) is 3.10. The Hall–Kier alpha value is 0. The molecule has 0 nitrogen and oxygen atoms in total. The molecule has 0 aliphatic heterocycles. The molecular weight excluding hydrogens is 108 g/mol. The van der Waals surface area contributed by atoms with Crippen molar-refractivity contribution >= 4 is 0 Å². The third-order valence-electron chi connectivity index (χ3n) is 3.48. The summed E-state index contributed by atoms with van der Waals surface area (Å²) >= 11 is 0. The van der Waals surface area contributed by atoms with Crippen LogP contribution >= 0.6 is 0 Å². The van der Waals surface area contributed by atoms with Crippen molar-refractivity contribution in [3.8, 4) is 0 Å². The predicted octanol–water partition coefficient (Wildman–Crippen LogP) is 2.69. The zero-order chi connectivity index (χ0) is 6.43. The van der Waals surface area contributed by atoms with Crippen molar-refractivity contribution < 1.29 is 0 Å². The second-order valence-corrected chi connectivity index (χ2v) is 4.19. The third kappa shape index (κ3) is 0.720. The number of hydrogen-bond donors (Lipinski definition) is 0. The summed E-state index contributed by atoms with van der Waals surface area (Å²) in [4.78, 5) is 0. The molecule has 2 fully saturated rings. The number of rotatable bonds is 0. The normalized spacial score (nSPS) is 56.7. The summed E-state index contributed by atoms with van der Waals surface area (Å²) in [6.07, 6.45) is 4.63. The molecule has 52 valence electrons. The molecule has 0 aromatic carbocycles. The van der Waals surface area contributed by atoms with Gasteiger partial charge in [0.05, 0.1) is 0 Å². The first-order chi connectivity index (χ1) is 4.27. The molecule has 2 rings (SSSR count). The fourth-order valence-corrected chi connectivity index (χ4v) is 3.10. The van der Waals surface area contributed by atoms with E-state index in [9.17, 15) is 0 Å². The SMILES string of the molecule is C[C@@H]1CC2CC1[C@@H](C)C2. The van der Waals surface area contributed by atoms with E-state index in [0.717, 1.165) is 23.7 Å². The van der Waals surface area contributed by atoms with Crippen LogP contribution in [0.2, 0.25) is 0 Å². The first kappa shape index (κ1) is 5.76. The van der Waals surface area contributed by atoms with Gasteiger partial charge in [0.25, 0.3) is 0 Å². The average Bonchev–Trinajstić information content (AvgIpc) is 2.22. The Morgan fingerprint density at radius 1 is 0.889 bits per heavy atom. The Morgan fingerprint density at radius 3 is 1.67 bits per heavy atom. The lowest BCUT2D eigenvalue weighted by atomic mass is 9.83. The Labute approximate surface area is 57.6 Å². The molecule has 0 aromatic heterocycles. The lowest BCUT2D eigenvalue weighted by Crippen LogP contribution is -2.14. The van der Waals surface area contributed by atoms with Crippen molar-refractivity contribution in [3.05, 3.63) is 0 Å². The Balaban J connectivity index is 2.13. The van der Waals surface area contributed by atoms with E-state index in [4.69, 9.17) is 0 Å². The topological polar surface area (TPSA) is 0 Å². The molecule has 0 heterocycles. The lowest BCUT2D eigenvalue weighted by molar-refractivity contribution is 0.272. The average molecular weight is 124 g/mol. The van der Waals surface area contributed by atoms with Crippen molar-refractivity contribution in [2.24, 2.45) is 23.7 Å². The molecule has 0 heteroatoms. The fraction of sp³-hybridized carbons (Fsp3) is 1.00. The first-order valence-electron chi connectivity index (χ1n) is 4.27. The Bertz CT molecular complexity index is 105. The highest BCUT2D eigenvalue weighted by atomic mass is 14.5. The van der Waals surface area contributed by atoms with Crippen LogP contribution in [0.3, 0.4) is 0 Å². The summed E-state index contributed by atoms with van der Waals surface area (Å²) in [6, 6.07) is 0. The van der Waals surface area contributed by atoms with E-state index < -0.39 is 0 Å². The van der Waals surface area contributed by atoms with Crippen LogP contribution < -0.4 is 0 Å². The molecular formula is C9H16. The van der Waals surface area contributed by atoms with E-state index in [2.05, 4.69) is 13.8 Å². The van der Waals surface area contributed by atoms with Crippen molar-refractivity contribution in [3.63, 3.8) is 0 Å². The largest absolute Gasteiger partial charge is 0.0622 e. The summed E-state index contributed by atoms with van der Waals surface area (Å²) in [5.74, 6) is 4.34. The predicted molar refractivity (Wildman–Crippen MR) is 39.2 cm³/mol. The lowest BCUT2D eigenvalue weighted by Gasteiger charge is -2.23. The van der Waals surface area contributed by atoms with Crippen molar-refractivity contribution in [2.75, 3.05) is 0 Å². The van der Waals surface area contributed by atoms with Gasteiger partial charge in [0.2, 0.25) is 0 Å². The van der Waals surface area contributed by atoms with Crippen LogP contribution in [0, 0.1) is 23.7 Å². The molecule has 0 radical (unpaired) electrons. The van der Waals surface area contributed by atoms with E-state index in [0.29, 0.717) is 0 Å². The maximum atomic E-state index is 2.43. The molecule has 0 amide bonds. The first-order valence-corrected chi connectivity index (χ1v) is 4.27. The van der Waals surface area contributed by atoms with Gasteiger partial charge in [0.1, 0.15) is 0 Å². The van der Waals surface area contributed by atoms with Crippen LogP contribution in [0.15, 0.2) is 0 Å². The highest BCUT2D eigenvalue weighted by molar-refractivity contribution is 4.91. The van der Waals surface area contributed by atoms with Gasteiger partial charge in [-0.1, -0.05) is 13.8 Å². The van der Waals surface area contributed by atoms with Gasteiger partial charge in [0, 0.05) is 0 Å². The van der Waals surface area contributed by atoms with Crippen molar-refractivity contribution in [1.29, 1.82) is 0 Å². The van der Waals surface area contributed by atoms with Gasteiger partial charge >= 0.3 is 0 Å². The van der Waals surface area contributed by atoms with Crippen LogP contribution in [0.4, 0.5) is 0 Å². The van der Waals surface area contributed by atoms with Crippen molar-refractivity contribution in [2.45, 2.75) is 33.1 Å². The maximum absolute atomic E-state index is 2.43. The van der Waals surface area contributed by atoms with Gasteiger partial charge in [0.15, 0.2) is 0 Å². The summed E-state index contributed by atoms with van der Waals surface area (Å²) < 4.78 is 0. The molecule has 2 aliphatic carbocycles. The van der Waals surface area contributed by atoms with E-state index in [1.807, 2.05) is 0 Å². The van der Waals surface area contributed by atoms with Gasteiger partial charge in [-0.3, -0.25) is 0 Å². The van der Waals surface area contributed by atoms with E-state index in [1.54, 1.807) is 6.42 Å². The van der Waals surface area contributed by atoms with Crippen LogP contribution in [0.5, 0.6) is 0 Å². The second kappa shape index (κ2) is 1.74. The standard InChI is InChI=1S/C9H16/c1-6-3-8-4-7(2)9(6)5-8/h6-9H,3-5H2,1-2H3/t6-,7+,8?,9?. The van der Waals surface area contributed by atoms with Gasteiger partial charge in [-0.05, 0) is 42.9 Å². The van der Waals surface area contributed by atoms with Crippen LogP contribution in [-0.4, -0.2) is 0 Å². The third-order valence-corrected chi connectivity index (χ3v) is 3.48. The summed E-state index contributed by atoms with van der Waals surface area (Å²) in [7, 11) is 0. The van der Waals surface area contributed by atoms with E-state index in [1.165, 1.54) is 12.8 Å². The second-order valence-electron chi connectivity index (χ2n) is 4.19. The monoisotopic (exact) mass is 124 g/mol. The van der Waals surface area contributed by atoms with Gasteiger partial charge < -0.3 is 0 Å². The van der Waals surface area contributed by atoms with Gasteiger partial charge in [-0.15, -0.1) is 0 Å². The van der Waals surface area contributed by atoms with E-state index in [-0.39, 0.29) is 0 Å². The minimum Gasteiger partial charge on any atom is -0.0622 e. The molecule has 0 N–H and O–H groups in total.